The molecular weight excluding hydrogens is 1080 g/mol. The zero-order chi connectivity index (χ0) is 54.4. The lowest BCUT2D eigenvalue weighted by molar-refractivity contribution is 0.195. The predicted octanol–water partition coefficient (Wildman–Crippen LogP) is 21.0. The van der Waals surface area contributed by atoms with Crippen LogP contribution >= 0.6 is 39.1 Å². The monoisotopic (exact) mass is 1140 g/mol. The van der Waals surface area contributed by atoms with Gasteiger partial charge in [0.2, 0.25) is 0 Å². The summed E-state index contributed by atoms with van der Waals surface area (Å²) in [5, 5.41) is 5.25. The lowest BCUT2D eigenvalue weighted by Gasteiger charge is -2.50. The van der Waals surface area contributed by atoms with Crippen LogP contribution in [0.3, 0.4) is 0 Å². The topological polar surface area (TPSA) is 21.8 Å². The average Bonchev–Trinajstić information content (AvgIpc) is 3.99. The summed E-state index contributed by atoms with van der Waals surface area (Å²) in [5.41, 5.74) is 10.0. The SMILES string of the molecule is CC12CCCCC1(C)c1c(cccc1N(c1ccccc1F)c1ccccc1F)N2.Cc1cc(Cl)cc(Br)c1.Cc1cc(Cl)cc(N2c3cccc(N(c4ccccc4F)c4ccccc4F)c3C3(C)CCCCC23C)c1. The van der Waals surface area contributed by atoms with E-state index in [0.717, 1.165) is 99.6 Å². The number of nitrogens with one attached hydrogen (secondary N) is 1. The second-order valence-electron chi connectivity index (χ2n) is 21.9. The molecule has 2 heterocycles. The molecule has 8 aromatic carbocycles. The molecule has 396 valence electrons. The maximum absolute atomic E-state index is 15.4. The molecule has 4 nitrogen and oxygen atoms in total. The molecule has 4 atom stereocenters. The van der Waals surface area contributed by atoms with Crippen molar-refractivity contribution in [3.8, 4) is 0 Å². The minimum Gasteiger partial charge on any atom is -0.379 e. The van der Waals surface area contributed by atoms with Gasteiger partial charge in [0.05, 0.1) is 39.7 Å². The summed E-state index contributed by atoms with van der Waals surface area (Å²) in [6.45, 7) is 13.3. The third-order valence-corrected chi connectivity index (χ3v) is 18.0. The minimum atomic E-state index is -0.398. The van der Waals surface area contributed by atoms with Gasteiger partial charge in [0.15, 0.2) is 0 Å². The predicted molar refractivity (Wildman–Crippen MR) is 316 cm³/mol. The summed E-state index contributed by atoms with van der Waals surface area (Å²) >= 11 is 15.6. The van der Waals surface area contributed by atoms with Crippen LogP contribution in [-0.2, 0) is 10.8 Å². The highest BCUT2D eigenvalue weighted by molar-refractivity contribution is 9.10. The molecule has 4 unspecified atom stereocenters. The van der Waals surface area contributed by atoms with Crippen molar-refractivity contribution in [1.29, 1.82) is 0 Å². The molecule has 2 saturated carbocycles. The molecule has 0 saturated heterocycles. The molecule has 0 radical (unpaired) electrons. The lowest BCUT2D eigenvalue weighted by atomic mass is 9.61. The van der Waals surface area contributed by atoms with E-state index in [1.807, 2.05) is 61.5 Å². The number of hydrogen-bond acceptors (Lipinski definition) is 4. The Morgan fingerprint density at radius 3 is 1.39 bits per heavy atom. The van der Waals surface area contributed by atoms with Crippen LogP contribution < -0.4 is 20.0 Å². The molecular formula is C66H63BrCl2F4N4. The summed E-state index contributed by atoms with van der Waals surface area (Å²) in [6, 6.07) is 50.6. The molecule has 2 fully saturated rings. The Bertz CT molecular complexity index is 3340. The Kier molecular flexibility index (Phi) is 15.1. The molecule has 8 aromatic rings. The first-order valence-electron chi connectivity index (χ1n) is 26.5. The standard InChI is InChI=1S/C33H31ClF2N2.C26H26F2N2.C7H6BrCl/c1-22-19-23(34)21-24(20-22)38-30-16-10-15-29(31(30)32(2)17-8-9-18-33(32,38)3)37(27-13-6-4-11-25(27)35)28-14-7-5-12-26(28)36;1-25-16-7-8-17-26(25,2)29-20-12-9-15-23(24(20)25)30(21-13-5-3-10-18(21)27)22-14-6-4-11-19(22)28;1-5-2-6(8)4-7(9)3-5/h4-7,10-16,19-21H,8-9,17-18H2,1-3H3;3-6,9-15,29H,7-8,16-17H2,1-2H3;2-4H,1H3. The maximum atomic E-state index is 15.4. The second kappa shape index (κ2) is 21.5. The van der Waals surface area contributed by atoms with Crippen molar-refractivity contribution in [3.05, 3.63) is 230 Å². The number of halogens is 7. The molecule has 2 aliphatic carbocycles. The average molecular weight is 1140 g/mol. The highest BCUT2D eigenvalue weighted by Gasteiger charge is 2.59. The number of anilines is 9. The number of fused-ring (bicyclic) bond motifs is 6. The van der Waals surface area contributed by atoms with E-state index in [1.54, 1.807) is 82.6 Å². The van der Waals surface area contributed by atoms with Crippen LogP contribution in [0.5, 0.6) is 0 Å². The maximum Gasteiger partial charge on any atom is 0.147 e. The fraction of sp³-hybridized carbons (Fsp3) is 0.273. The summed E-state index contributed by atoms with van der Waals surface area (Å²) in [5.74, 6) is -1.54. The van der Waals surface area contributed by atoms with Crippen molar-refractivity contribution in [2.45, 2.75) is 115 Å². The normalized spacial score (nSPS) is 21.7. The molecule has 0 bridgehead atoms. The smallest absolute Gasteiger partial charge is 0.147 e. The van der Waals surface area contributed by atoms with Gasteiger partial charge in [-0.25, -0.2) is 17.6 Å². The summed E-state index contributed by atoms with van der Waals surface area (Å²) in [6.07, 6.45) is 8.67. The van der Waals surface area contributed by atoms with Crippen LogP contribution in [0.25, 0.3) is 0 Å². The number of nitrogens with zero attached hydrogens (tertiary/aromatic N) is 3. The third kappa shape index (κ3) is 9.80. The fourth-order valence-electron chi connectivity index (χ4n) is 13.1. The molecule has 4 aliphatic rings. The van der Waals surface area contributed by atoms with E-state index in [2.05, 4.69) is 79.0 Å². The van der Waals surface area contributed by atoms with Crippen molar-refractivity contribution in [2.75, 3.05) is 20.0 Å². The number of benzene rings is 8. The molecule has 0 amide bonds. The van der Waals surface area contributed by atoms with Gasteiger partial charge in [-0.05, 0) is 174 Å². The molecule has 2 aliphatic heterocycles. The zero-order valence-electron chi connectivity index (χ0n) is 44.3. The lowest BCUT2D eigenvalue weighted by Crippen LogP contribution is -2.54. The number of para-hydroxylation sites is 4. The van der Waals surface area contributed by atoms with E-state index >= 15 is 17.6 Å². The van der Waals surface area contributed by atoms with Crippen LogP contribution in [0.4, 0.5) is 68.7 Å². The van der Waals surface area contributed by atoms with E-state index in [0.29, 0.717) is 27.8 Å². The first-order chi connectivity index (χ1) is 36.9. The van der Waals surface area contributed by atoms with E-state index in [1.165, 1.54) is 36.2 Å². The molecule has 0 aromatic heterocycles. The van der Waals surface area contributed by atoms with Gasteiger partial charge in [0.1, 0.15) is 23.3 Å². The number of hydrogen-bond donors (Lipinski definition) is 1. The van der Waals surface area contributed by atoms with Gasteiger partial charge < -0.3 is 20.0 Å². The molecule has 0 spiro atoms. The van der Waals surface area contributed by atoms with Crippen LogP contribution in [0, 0.1) is 37.1 Å². The van der Waals surface area contributed by atoms with Crippen LogP contribution in [0.15, 0.2) is 174 Å². The van der Waals surface area contributed by atoms with Crippen LogP contribution in [-0.4, -0.2) is 11.1 Å². The summed E-state index contributed by atoms with van der Waals surface area (Å²) < 4.78 is 62.0. The minimum absolute atomic E-state index is 0.0696. The Morgan fingerprint density at radius 2 is 0.896 bits per heavy atom. The summed E-state index contributed by atoms with van der Waals surface area (Å²) in [4.78, 5) is 5.94. The Labute approximate surface area is 469 Å². The third-order valence-electron chi connectivity index (χ3n) is 17.1. The molecule has 12 rings (SSSR count). The van der Waals surface area contributed by atoms with E-state index in [4.69, 9.17) is 23.2 Å². The first-order valence-corrected chi connectivity index (χ1v) is 28.1. The largest absolute Gasteiger partial charge is 0.379 e. The molecule has 1 N–H and O–H groups in total. The Hall–Kier alpha value is -6.26. The van der Waals surface area contributed by atoms with E-state index < -0.39 is 11.6 Å². The van der Waals surface area contributed by atoms with Gasteiger partial charge >= 0.3 is 0 Å². The molecule has 11 heteroatoms. The van der Waals surface area contributed by atoms with Crippen molar-refractivity contribution in [1.82, 2.24) is 0 Å². The Balaban J connectivity index is 0.000000153. The van der Waals surface area contributed by atoms with Gasteiger partial charge in [-0.3, -0.25) is 0 Å². The quantitative estimate of drug-likeness (QED) is 0.161. The number of rotatable bonds is 7. The van der Waals surface area contributed by atoms with Crippen LogP contribution in [0.2, 0.25) is 10.0 Å². The van der Waals surface area contributed by atoms with Crippen molar-refractivity contribution < 1.29 is 17.6 Å². The highest BCUT2D eigenvalue weighted by Crippen LogP contribution is 2.64. The highest BCUT2D eigenvalue weighted by atomic mass is 79.9. The number of aryl methyl sites for hydroxylation is 2. The van der Waals surface area contributed by atoms with Gasteiger partial charge in [0.25, 0.3) is 0 Å². The van der Waals surface area contributed by atoms with Gasteiger partial charge in [-0.1, -0.05) is 139 Å². The zero-order valence-corrected chi connectivity index (χ0v) is 47.4. The van der Waals surface area contributed by atoms with E-state index in [9.17, 15) is 0 Å². The fourth-order valence-corrected chi connectivity index (χ4v) is 14.4. The van der Waals surface area contributed by atoms with Crippen molar-refractivity contribution in [3.63, 3.8) is 0 Å². The van der Waals surface area contributed by atoms with Crippen molar-refractivity contribution >= 4 is 90.3 Å². The second-order valence-corrected chi connectivity index (χ2v) is 23.7. The van der Waals surface area contributed by atoms with Gasteiger partial charge in [-0.15, -0.1) is 0 Å². The van der Waals surface area contributed by atoms with Crippen LogP contribution in [0.1, 0.15) is 101 Å². The first kappa shape index (κ1) is 54.1. The van der Waals surface area contributed by atoms with Gasteiger partial charge in [-0.2, -0.15) is 0 Å². The van der Waals surface area contributed by atoms with Crippen molar-refractivity contribution in [2.24, 2.45) is 0 Å². The van der Waals surface area contributed by atoms with Gasteiger partial charge in [0, 0.05) is 59.1 Å². The Morgan fingerprint density at radius 1 is 0.468 bits per heavy atom. The summed E-state index contributed by atoms with van der Waals surface area (Å²) in [7, 11) is 0. The van der Waals surface area contributed by atoms with E-state index in [-0.39, 0.29) is 33.5 Å². The molecule has 77 heavy (non-hydrogen) atoms.